The van der Waals surface area contributed by atoms with Gasteiger partial charge in [0.25, 0.3) is 0 Å². The highest BCUT2D eigenvalue weighted by Gasteiger charge is 2.50. The van der Waals surface area contributed by atoms with Crippen LogP contribution in [0.2, 0.25) is 10.0 Å². The Kier molecular flexibility index (Phi) is 6.39. The van der Waals surface area contributed by atoms with E-state index in [4.69, 9.17) is 27.9 Å². The topological polar surface area (TPSA) is 84.0 Å². The second-order valence-corrected chi connectivity index (χ2v) is 10.4. The minimum Gasteiger partial charge on any atom is -0.426 e. The van der Waals surface area contributed by atoms with Crippen LogP contribution < -0.4 is 14.5 Å². The molecule has 3 amide bonds. The van der Waals surface area contributed by atoms with E-state index in [-0.39, 0.29) is 54.2 Å². The highest BCUT2D eigenvalue weighted by molar-refractivity contribution is 6.36. The molecule has 0 saturated carbocycles. The van der Waals surface area contributed by atoms with Crippen LogP contribution in [0.1, 0.15) is 25.3 Å². The number of halogens is 2. The van der Waals surface area contributed by atoms with Crippen molar-refractivity contribution in [1.29, 1.82) is 0 Å². The Bertz CT molecular complexity index is 1320. The smallest absolute Gasteiger partial charge is 0.316 e. The van der Waals surface area contributed by atoms with Crippen molar-refractivity contribution in [3.63, 3.8) is 0 Å². The van der Waals surface area contributed by atoms with E-state index in [1.165, 1.54) is 9.80 Å². The van der Waals surface area contributed by atoms with E-state index in [0.717, 1.165) is 0 Å². The maximum atomic E-state index is 13.1. The molecule has 7 nitrogen and oxygen atoms in total. The van der Waals surface area contributed by atoms with Gasteiger partial charge in [-0.25, -0.2) is 4.90 Å². The third kappa shape index (κ3) is 4.20. The Labute approximate surface area is 218 Å². The average molecular weight is 527 g/mol. The maximum Gasteiger partial charge on any atom is 0.316 e. The Morgan fingerprint density at radius 1 is 1.03 bits per heavy atom. The minimum absolute atomic E-state index is 0.00112. The summed E-state index contributed by atoms with van der Waals surface area (Å²) in [7, 11) is 0. The SMILES string of the molecule is Cc1cc(OC(=O)[C@@H]2CC(=O)N(c3cc(Cl)ccc3Cl)C2)ccc1N1C(=O)[C@H]2[C@H](C)C=CC[C@H]2C1=O. The zero-order valence-corrected chi connectivity index (χ0v) is 21.3. The summed E-state index contributed by atoms with van der Waals surface area (Å²) < 4.78 is 5.57. The number of carbonyl (C=O) groups excluding carboxylic acids is 4. The van der Waals surface area contributed by atoms with Gasteiger partial charge in [-0.15, -0.1) is 0 Å². The van der Waals surface area contributed by atoms with Gasteiger partial charge >= 0.3 is 5.97 Å². The molecule has 36 heavy (non-hydrogen) atoms. The van der Waals surface area contributed by atoms with Crippen molar-refractivity contribution in [3.8, 4) is 5.75 Å². The predicted octanol–water partition coefficient (Wildman–Crippen LogP) is 4.96. The number of carbonyl (C=O) groups is 4. The van der Waals surface area contributed by atoms with Crippen LogP contribution in [0.25, 0.3) is 0 Å². The molecule has 2 heterocycles. The lowest BCUT2D eigenvalue weighted by atomic mass is 9.78. The number of amides is 3. The molecule has 0 N–H and O–H groups in total. The van der Waals surface area contributed by atoms with Gasteiger partial charge in [-0.2, -0.15) is 0 Å². The van der Waals surface area contributed by atoms with Crippen LogP contribution in [0.5, 0.6) is 5.75 Å². The normalized spacial score (nSPS) is 25.5. The second-order valence-electron chi connectivity index (χ2n) is 9.54. The van der Waals surface area contributed by atoms with Crippen LogP contribution >= 0.6 is 23.2 Å². The zero-order valence-electron chi connectivity index (χ0n) is 19.7. The summed E-state index contributed by atoms with van der Waals surface area (Å²) in [5, 5.41) is 0.799. The third-order valence-corrected chi connectivity index (χ3v) is 7.71. The van der Waals surface area contributed by atoms with Crippen molar-refractivity contribution in [2.24, 2.45) is 23.7 Å². The number of nitrogens with zero attached hydrogens (tertiary/aromatic N) is 2. The van der Waals surface area contributed by atoms with Gasteiger partial charge in [-0.1, -0.05) is 42.3 Å². The molecule has 2 saturated heterocycles. The molecule has 2 aliphatic heterocycles. The van der Waals surface area contributed by atoms with E-state index in [9.17, 15) is 19.2 Å². The Morgan fingerprint density at radius 2 is 1.81 bits per heavy atom. The average Bonchev–Trinajstić information content (AvgIpc) is 3.34. The lowest BCUT2D eigenvalue weighted by Gasteiger charge is -2.22. The monoisotopic (exact) mass is 526 g/mol. The Morgan fingerprint density at radius 3 is 2.53 bits per heavy atom. The van der Waals surface area contributed by atoms with Gasteiger partial charge in [0.2, 0.25) is 17.7 Å². The fraction of sp³-hybridized carbons (Fsp3) is 0.333. The highest BCUT2D eigenvalue weighted by Crippen LogP contribution is 2.42. The number of aryl methyl sites for hydroxylation is 1. The summed E-state index contributed by atoms with van der Waals surface area (Å²) in [4.78, 5) is 54.3. The summed E-state index contributed by atoms with van der Waals surface area (Å²) in [6, 6.07) is 9.63. The van der Waals surface area contributed by atoms with Crippen molar-refractivity contribution >= 4 is 58.3 Å². The molecule has 9 heteroatoms. The van der Waals surface area contributed by atoms with Crippen LogP contribution in [0, 0.1) is 30.6 Å². The van der Waals surface area contributed by atoms with Crippen molar-refractivity contribution in [2.45, 2.75) is 26.7 Å². The Hall–Kier alpha value is -3.16. The zero-order chi connectivity index (χ0) is 25.7. The van der Waals surface area contributed by atoms with Crippen LogP contribution in [0.4, 0.5) is 11.4 Å². The summed E-state index contributed by atoms with van der Waals surface area (Å²) in [5.74, 6) is -2.27. The van der Waals surface area contributed by atoms with Crippen LogP contribution in [-0.4, -0.2) is 30.2 Å². The quantitative estimate of drug-likeness (QED) is 0.243. The van der Waals surface area contributed by atoms with E-state index >= 15 is 0 Å². The molecule has 3 aliphatic rings. The molecule has 0 radical (unpaired) electrons. The van der Waals surface area contributed by atoms with Crippen molar-refractivity contribution in [2.75, 3.05) is 16.3 Å². The number of anilines is 2. The molecule has 5 rings (SSSR count). The van der Waals surface area contributed by atoms with Gasteiger partial charge in [-0.3, -0.25) is 19.2 Å². The van der Waals surface area contributed by atoms with Crippen molar-refractivity contribution < 1.29 is 23.9 Å². The van der Waals surface area contributed by atoms with Gasteiger partial charge in [0, 0.05) is 18.0 Å². The fourth-order valence-corrected chi connectivity index (χ4v) is 5.70. The molecule has 0 aromatic heterocycles. The molecule has 0 bridgehead atoms. The maximum absolute atomic E-state index is 13.1. The van der Waals surface area contributed by atoms with Crippen molar-refractivity contribution in [3.05, 3.63) is 64.2 Å². The molecular formula is C27H24Cl2N2O5. The first-order valence-corrected chi connectivity index (χ1v) is 12.5. The number of ether oxygens (including phenoxy) is 1. The van der Waals surface area contributed by atoms with Gasteiger partial charge in [0.05, 0.1) is 34.2 Å². The molecular weight excluding hydrogens is 503 g/mol. The summed E-state index contributed by atoms with van der Waals surface area (Å²) in [6.45, 7) is 3.84. The van der Waals surface area contributed by atoms with Crippen LogP contribution in [0.3, 0.4) is 0 Å². The van der Waals surface area contributed by atoms with Gasteiger partial charge in [0.15, 0.2) is 0 Å². The summed E-state index contributed by atoms with van der Waals surface area (Å²) in [6.07, 6.45) is 4.50. The van der Waals surface area contributed by atoms with E-state index in [1.807, 2.05) is 19.1 Å². The van der Waals surface area contributed by atoms with Crippen LogP contribution in [-0.2, 0) is 19.2 Å². The van der Waals surface area contributed by atoms with E-state index in [0.29, 0.717) is 33.4 Å². The lowest BCUT2D eigenvalue weighted by Crippen LogP contribution is -2.32. The molecule has 2 fully saturated rings. The van der Waals surface area contributed by atoms with Crippen molar-refractivity contribution in [1.82, 2.24) is 0 Å². The first-order valence-electron chi connectivity index (χ1n) is 11.8. The number of fused-ring (bicyclic) bond motifs is 1. The third-order valence-electron chi connectivity index (χ3n) is 7.16. The first kappa shape index (κ1) is 24.5. The number of benzene rings is 2. The number of allylic oxidation sites excluding steroid dienone is 2. The largest absolute Gasteiger partial charge is 0.426 e. The minimum atomic E-state index is -0.675. The molecule has 0 spiro atoms. The van der Waals surface area contributed by atoms with E-state index in [1.54, 1.807) is 43.3 Å². The van der Waals surface area contributed by atoms with Gasteiger partial charge < -0.3 is 9.64 Å². The molecule has 0 unspecified atom stereocenters. The van der Waals surface area contributed by atoms with E-state index in [2.05, 4.69) is 0 Å². The molecule has 4 atom stereocenters. The molecule has 1 aliphatic carbocycles. The predicted molar refractivity (Wildman–Crippen MR) is 136 cm³/mol. The lowest BCUT2D eigenvalue weighted by molar-refractivity contribution is -0.139. The number of hydrogen-bond donors (Lipinski definition) is 0. The number of hydrogen-bond acceptors (Lipinski definition) is 5. The number of esters is 1. The standard InChI is InChI=1S/C27H24Cl2N2O5/c1-14-4-3-5-19-24(14)26(34)31(25(19)33)21-9-7-18(10-15(21)2)36-27(35)16-11-23(32)30(13-16)22-12-17(28)6-8-20(22)29/h3-4,6-10,12,14,16,19,24H,5,11,13H2,1-2H3/t14-,16-,19-,24+/m1/s1. The van der Waals surface area contributed by atoms with Gasteiger partial charge in [0.1, 0.15) is 5.75 Å². The fourth-order valence-electron chi connectivity index (χ4n) is 5.32. The molecule has 2 aromatic rings. The van der Waals surface area contributed by atoms with Crippen LogP contribution in [0.15, 0.2) is 48.6 Å². The number of rotatable bonds is 4. The second kappa shape index (κ2) is 9.37. The van der Waals surface area contributed by atoms with E-state index < -0.39 is 11.9 Å². The van der Waals surface area contributed by atoms with Gasteiger partial charge in [-0.05, 0) is 61.2 Å². The summed E-state index contributed by atoms with van der Waals surface area (Å²) in [5.41, 5.74) is 1.58. The highest BCUT2D eigenvalue weighted by atomic mass is 35.5. The number of imide groups is 1. The first-order chi connectivity index (χ1) is 17.2. The molecule has 186 valence electrons. The molecule has 2 aromatic carbocycles. The Balaban J connectivity index is 1.30. The summed E-state index contributed by atoms with van der Waals surface area (Å²) >= 11 is 12.3.